The van der Waals surface area contributed by atoms with Gasteiger partial charge in [-0.15, -0.1) is 0 Å². The number of methoxy groups -OCH3 is 1. The molecule has 7 rings (SSSR count). The number of halogens is 4. The zero-order chi connectivity index (χ0) is 34.5. The topological polar surface area (TPSA) is 64.0 Å². The summed E-state index contributed by atoms with van der Waals surface area (Å²) in [6, 6.07) is 12.1. The molecule has 268 valence electrons. The molecule has 4 aromatic rings. The first-order chi connectivity index (χ1) is 23.7. The number of quaternary nitrogens is 1. The lowest BCUT2D eigenvalue weighted by Gasteiger charge is -2.50. The number of pyridine rings is 1. The van der Waals surface area contributed by atoms with Gasteiger partial charge in [0.15, 0.2) is 11.6 Å². The second-order valence-corrected chi connectivity index (χ2v) is 13.1. The van der Waals surface area contributed by atoms with Crippen LogP contribution >= 0.6 is 0 Å². The number of ether oxygens (including phenoxy) is 2. The Morgan fingerprint density at radius 1 is 0.880 bits per heavy atom. The second kappa shape index (κ2) is 16.4. The SMILES string of the molecule is CCN(C(=O)c1cn(-c2ccc(OC)c(F)c2)c2cc(OCCCCCCC[N+]34CCN(CC3)CC4)ccc2c1=O)c1cc(F)cc(F)c1.[Br-]. The third-order valence-electron chi connectivity index (χ3n) is 10.1. The smallest absolute Gasteiger partial charge is 0.263 e. The predicted octanol–water partition coefficient (Wildman–Crippen LogP) is 3.56. The van der Waals surface area contributed by atoms with Crippen LogP contribution in [0.3, 0.4) is 0 Å². The molecular weight excluding hydrogens is 713 g/mol. The van der Waals surface area contributed by atoms with Gasteiger partial charge in [-0.25, -0.2) is 13.2 Å². The summed E-state index contributed by atoms with van der Waals surface area (Å²) in [4.78, 5) is 31.3. The number of anilines is 1. The molecule has 0 atom stereocenters. The van der Waals surface area contributed by atoms with Crippen LogP contribution in [0.15, 0.2) is 65.6 Å². The van der Waals surface area contributed by atoms with Crippen LogP contribution in [0.1, 0.15) is 49.4 Å². The van der Waals surface area contributed by atoms with Gasteiger partial charge in [0.1, 0.15) is 22.9 Å². The second-order valence-electron chi connectivity index (χ2n) is 13.1. The highest BCUT2D eigenvalue weighted by Crippen LogP contribution is 2.28. The first-order valence-corrected chi connectivity index (χ1v) is 17.2. The van der Waals surface area contributed by atoms with Gasteiger partial charge in [-0.2, -0.15) is 0 Å². The molecule has 3 aliphatic rings. The van der Waals surface area contributed by atoms with Crippen molar-refractivity contribution in [1.82, 2.24) is 9.47 Å². The van der Waals surface area contributed by atoms with Crippen molar-refractivity contribution >= 4 is 22.5 Å². The fourth-order valence-electron chi connectivity index (χ4n) is 7.19. The summed E-state index contributed by atoms with van der Waals surface area (Å²) >= 11 is 0. The van der Waals surface area contributed by atoms with Crippen LogP contribution in [0.2, 0.25) is 0 Å². The van der Waals surface area contributed by atoms with Crippen molar-refractivity contribution in [2.45, 2.75) is 39.0 Å². The quantitative estimate of drug-likeness (QED) is 0.146. The number of carbonyl (C=O) groups is 1. The Morgan fingerprint density at radius 2 is 1.56 bits per heavy atom. The van der Waals surface area contributed by atoms with Gasteiger partial charge in [0.25, 0.3) is 5.91 Å². The minimum absolute atomic E-state index is 0. The fourth-order valence-corrected chi connectivity index (χ4v) is 7.19. The fraction of sp³-hybridized carbons (Fsp3) is 0.421. The molecule has 0 radical (unpaired) electrons. The van der Waals surface area contributed by atoms with E-state index in [9.17, 15) is 22.8 Å². The third-order valence-corrected chi connectivity index (χ3v) is 10.1. The van der Waals surface area contributed by atoms with Crippen molar-refractivity contribution in [2.24, 2.45) is 0 Å². The highest BCUT2D eigenvalue weighted by atomic mass is 79.9. The summed E-state index contributed by atoms with van der Waals surface area (Å²) in [5.74, 6) is -2.49. The first kappa shape index (κ1) is 37.4. The number of carbonyl (C=O) groups excluding carboxylic acids is 1. The van der Waals surface area contributed by atoms with E-state index in [-0.39, 0.29) is 45.9 Å². The summed E-state index contributed by atoms with van der Waals surface area (Å²) < 4.78 is 57.1. The normalized spacial score (nSPS) is 18.1. The number of unbranched alkanes of at least 4 members (excludes halogenated alkanes) is 4. The number of piperazine rings is 3. The Morgan fingerprint density at radius 3 is 2.22 bits per heavy atom. The van der Waals surface area contributed by atoms with Crippen molar-refractivity contribution in [3.8, 4) is 17.2 Å². The Labute approximate surface area is 301 Å². The minimum atomic E-state index is -0.850. The number of hydrogen-bond donors (Lipinski definition) is 0. The molecule has 4 heterocycles. The monoisotopic (exact) mass is 756 g/mol. The van der Waals surface area contributed by atoms with Gasteiger partial charge in [0.05, 0.1) is 45.4 Å². The summed E-state index contributed by atoms with van der Waals surface area (Å²) in [5, 5.41) is 0.206. The van der Waals surface area contributed by atoms with E-state index in [1.165, 1.54) is 88.6 Å². The van der Waals surface area contributed by atoms with Gasteiger partial charge in [-0.1, -0.05) is 12.8 Å². The average Bonchev–Trinajstić information content (AvgIpc) is 3.10. The van der Waals surface area contributed by atoms with Crippen LogP contribution in [0.4, 0.5) is 18.9 Å². The maximum absolute atomic E-state index is 14.9. The molecule has 0 spiro atoms. The van der Waals surface area contributed by atoms with Crippen LogP contribution in [-0.4, -0.2) is 85.9 Å². The van der Waals surface area contributed by atoms with E-state index >= 15 is 0 Å². The molecule has 3 aromatic carbocycles. The standard InChI is InChI=1S/C38H44F3N4O4.BrH/c1-3-43(30-22-27(39)21-28(40)23-30)38(47)33-26-44(29-9-12-36(48-2)34(41)24-29)35-25-31(10-11-32(35)37(33)46)49-20-8-6-4-5-7-16-45-17-13-42(14-18-45)15-19-45;/h9-12,21-26H,3-8,13-20H2,1-2H3;1H/q+1;/p-1. The Kier molecular flexibility index (Phi) is 12.3. The zero-order valence-corrected chi connectivity index (χ0v) is 30.2. The molecule has 1 amide bonds. The van der Waals surface area contributed by atoms with Crippen LogP contribution in [0, 0.1) is 17.5 Å². The van der Waals surface area contributed by atoms with E-state index in [4.69, 9.17) is 9.47 Å². The van der Waals surface area contributed by atoms with Crippen LogP contribution in [0.25, 0.3) is 16.6 Å². The largest absolute Gasteiger partial charge is 1.00 e. The van der Waals surface area contributed by atoms with Crippen molar-refractivity contribution < 1.29 is 48.9 Å². The number of nitrogens with zero attached hydrogens (tertiary/aromatic N) is 4. The van der Waals surface area contributed by atoms with E-state index in [0.717, 1.165) is 36.3 Å². The summed E-state index contributed by atoms with van der Waals surface area (Å²) in [5.41, 5.74) is -0.0789. The lowest BCUT2D eigenvalue weighted by atomic mass is 10.1. The van der Waals surface area contributed by atoms with Crippen molar-refractivity contribution in [3.63, 3.8) is 0 Å². The van der Waals surface area contributed by atoms with E-state index < -0.39 is 28.8 Å². The molecule has 0 saturated carbocycles. The van der Waals surface area contributed by atoms with Crippen molar-refractivity contribution in [2.75, 3.05) is 71.0 Å². The van der Waals surface area contributed by atoms with Gasteiger partial charge >= 0.3 is 0 Å². The lowest BCUT2D eigenvalue weighted by molar-refractivity contribution is -0.941. The Bertz CT molecular complexity index is 1850. The van der Waals surface area contributed by atoms with E-state index in [0.29, 0.717) is 29.6 Å². The van der Waals surface area contributed by atoms with E-state index in [1.54, 1.807) is 35.8 Å². The molecule has 3 saturated heterocycles. The number of fused-ring (bicyclic) bond motifs is 4. The van der Waals surface area contributed by atoms with Crippen molar-refractivity contribution in [3.05, 3.63) is 94.0 Å². The zero-order valence-electron chi connectivity index (χ0n) is 28.6. The third kappa shape index (κ3) is 8.19. The molecule has 50 heavy (non-hydrogen) atoms. The van der Waals surface area contributed by atoms with Crippen molar-refractivity contribution in [1.29, 1.82) is 0 Å². The lowest BCUT2D eigenvalue weighted by Crippen LogP contribution is -3.00. The molecule has 1 aromatic heterocycles. The number of rotatable bonds is 14. The molecule has 8 nitrogen and oxygen atoms in total. The van der Waals surface area contributed by atoms with Gasteiger partial charge in [0, 0.05) is 67.3 Å². The van der Waals surface area contributed by atoms with Gasteiger partial charge in [0.2, 0.25) is 5.43 Å². The van der Waals surface area contributed by atoms with Crippen LogP contribution in [-0.2, 0) is 0 Å². The van der Waals surface area contributed by atoms with Gasteiger partial charge in [-0.3, -0.25) is 14.5 Å². The number of hydrogen-bond acceptors (Lipinski definition) is 5. The molecule has 0 N–H and O–H groups in total. The Hall–Kier alpha value is -3.87. The molecule has 2 bridgehead atoms. The number of benzene rings is 3. The van der Waals surface area contributed by atoms with Gasteiger partial charge in [-0.05, 0) is 62.6 Å². The number of amides is 1. The molecule has 3 fully saturated rings. The first-order valence-electron chi connectivity index (χ1n) is 17.2. The van der Waals surface area contributed by atoms with E-state index in [1.807, 2.05) is 0 Å². The van der Waals surface area contributed by atoms with Crippen LogP contribution in [0.5, 0.6) is 11.5 Å². The average molecular weight is 758 g/mol. The van der Waals surface area contributed by atoms with E-state index in [2.05, 4.69) is 4.90 Å². The molecule has 3 aliphatic heterocycles. The summed E-state index contributed by atoms with van der Waals surface area (Å²) in [6.07, 6.45) is 6.93. The highest BCUT2D eigenvalue weighted by molar-refractivity contribution is 6.07. The molecule has 0 aliphatic carbocycles. The predicted molar refractivity (Wildman–Crippen MR) is 185 cm³/mol. The summed E-state index contributed by atoms with van der Waals surface area (Å²) in [6.45, 7) is 11.1. The minimum Gasteiger partial charge on any atom is -1.00 e. The van der Waals surface area contributed by atoms with Gasteiger partial charge < -0.3 is 40.4 Å². The molecule has 12 heteroatoms. The van der Waals surface area contributed by atoms with Crippen LogP contribution < -0.4 is 36.8 Å². The highest BCUT2D eigenvalue weighted by Gasteiger charge is 2.37. The molecular formula is C38H44BrF3N4O4. The number of aromatic nitrogens is 1. The Balaban J connectivity index is 0.00000486. The summed E-state index contributed by atoms with van der Waals surface area (Å²) in [7, 11) is 1.36. The maximum atomic E-state index is 14.9. The molecule has 0 unspecified atom stereocenters. The maximum Gasteiger partial charge on any atom is 0.263 e.